The van der Waals surface area contributed by atoms with Crippen LogP contribution in [0.1, 0.15) is 54.1 Å². The van der Waals surface area contributed by atoms with Gasteiger partial charge in [0.05, 0.1) is 36.9 Å². The van der Waals surface area contributed by atoms with Crippen LogP contribution >= 0.6 is 23.5 Å². The van der Waals surface area contributed by atoms with Crippen molar-refractivity contribution in [1.82, 2.24) is 4.72 Å². The third kappa shape index (κ3) is 5.17. The number of aliphatic hydroxyl groups excluding tert-OH is 1. The number of halogens is 1. The molecule has 3 aliphatic heterocycles. The van der Waals surface area contributed by atoms with E-state index in [0.29, 0.717) is 31.3 Å². The van der Waals surface area contributed by atoms with E-state index in [0.717, 1.165) is 61.7 Å². The molecule has 2 fully saturated rings. The summed E-state index contributed by atoms with van der Waals surface area (Å²) in [4.78, 5) is 15.9. The second kappa shape index (κ2) is 11.1. The highest BCUT2D eigenvalue weighted by atomic mass is 35.5. The molecule has 7 atom stereocenters. The van der Waals surface area contributed by atoms with Crippen LogP contribution in [0.4, 0.5) is 5.69 Å². The predicted octanol–water partition coefficient (Wildman–Crippen LogP) is 5.80. The van der Waals surface area contributed by atoms with E-state index in [4.69, 9.17) is 21.1 Å². The van der Waals surface area contributed by atoms with Gasteiger partial charge in [-0.1, -0.05) is 36.7 Å². The first-order valence-corrected chi connectivity index (χ1v) is 16.4. The number of hydrogen-bond donors (Lipinski definition) is 2. The fourth-order valence-electron chi connectivity index (χ4n) is 7.74. The molecule has 8 heteroatoms. The molecule has 2 bridgehead atoms. The monoisotopic (exact) mass is 594 g/mol. The molecule has 6 nitrogen and oxygen atoms in total. The molecule has 2 N–H and O–H groups in total. The number of carbonyl (C=O) groups excluding carboxylic acids is 1. The summed E-state index contributed by atoms with van der Waals surface area (Å²) in [5.74, 6) is 1.86. The summed E-state index contributed by atoms with van der Waals surface area (Å²) in [5, 5.41) is 12.2. The zero-order valence-corrected chi connectivity index (χ0v) is 25.1. The van der Waals surface area contributed by atoms with Crippen molar-refractivity contribution in [2.24, 2.45) is 23.7 Å². The van der Waals surface area contributed by atoms with Gasteiger partial charge in [-0.3, -0.25) is 9.52 Å². The molecule has 41 heavy (non-hydrogen) atoms. The Morgan fingerprint density at radius 3 is 2.88 bits per heavy atom. The van der Waals surface area contributed by atoms with E-state index >= 15 is 0 Å². The molecule has 1 saturated carbocycles. The normalized spacial score (nSPS) is 35.7. The summed E-state index contributed by atoms with van der Waals surface area (Å²) >= 11 is 7.88. The summed E-state index contributed by atoms with van der Waals surface area (Å²) in [6.07, 6.45) is 9.00. The Kier molecular flexibility index (Phi) is 7.51. The summed E-state index contributed by atoms with van der Waals surface area (Å²) in [5.41, 5.74) is 4.09. The van der Waals surface area contributed by atoms with Crippen molar-refractivity contribution in [2.45, 2.75) is 55.8 Å². The van der Waals surface area contributed by atoms with Crippen molar-refractivity contribution >= 4 is 35.1 Å². The van der Waals surface area contributed by atoms with Gasteiger partial charge in [-0.2, -0.15) is 0 Å². The zero-order valence-electron chi connectivity index (χ0n) is 23.6. The molecule has 218 valence electrons. The second-order valence-electron chi connectivity index (χ2n) is 12.8. The molecule has 5 aliphatic rings. The maximum atomic E-state index is 13.4. The Morgan fingerprint density at radius 2 is 2.02 bits per heavy atom. The SMILES string of the molecule is C[C@H]1/C=C\[C@H](O)[C@@H]2CC[C@H]2CN2C[C@@]3(CCCc4cc(Cl)ccc43)COc3ccc(cc32)C(=O)NS[C@H]2COC[C@@H]21. The number of carbonyl (C=O) groups is 1. The average Bonchev–Trinajstić information content (AvgIpc) is 3.37. The summed E-state index contributed by atoms with van der Waals surface area (Å²) in [7, 11) is 0. The van der Waals surface area contributed by atoms with Crippen LogP contribution in [-0.4, -0.2) is 55.3 Å². The van der Waals surface area contributed by atoms with Gasteiger partial charge in [-0.15, -0.1) is 0 Å². The van der Waals surface area contributed by atoms with E-state index in [1.165, 1.54) is 23.1 Å². The van der Waals surface area contributed by atoms with Crippen LogP contribution in [0.15, 0.2) is 48.6 Å². The van der Waals surface area contributed by atoms with Gasteiger partial charge < -0.3 is 19.5 Å². The Bertz CT molecular complexity index is 1350. The number of anilines is 1. The third-order valence-electron chi connectivity index (χ3n) is 10.3. The molecule has 2 aromatic carbocycles. The van der Waals surface area contributed by atoms with Crippen molar-refractivity contribution in [1.29, 1.82) is 0 Å². The molecule has 0 aromatic heterocycles. The quantitative estimate of drug-likeness (QED) is 0.297. The fraction of sp³-hybridized carbons (Fsp3) is 0.545. The van der Waals surface area contributed by atoms with Crippen molar-refractivity contribution < 1.29 is 19.4 Å². The lowest BCUT2D eigenvalue weighted by Crippen LogP contribution is -2.49. The molecule has 0 radical (unpaired) electrons. The van der Waals surface area contributed by atoms with Crippen molar-refractivity contribution in [3.8, 4) is 5.75 Å². The molecule has 3 heterocycles. The molecule has 7 rings (SSSR count). The second-order valence-corrected chi connectivity index (χ2v) is 14.3. The highest BCUT2D eigenvalue weighted by Crippen LogP contribution is 2.47. The first-order valence-electron chi connectivity index (χ1n) is 15.1. The topological polar surface area (TPSA) is 71.0 Å². The van der Waals surface area contributed by atoms with Gasteiger partial charge in [0.15, 0.2) is 0 Å². The minimum absolute atomic E-state index is 0.0905. The summed E-state index contributed by atoms with van der Waals surface area (Å²) < 4.78 is 15.5. The predicted molar refractivity (Wildman–Crippen MR) is 164 cm³/mol. The van der Waals surface area contributed by atoms with E-state index in [2.05, 4.69) is 34.8 Å². The third-order valence-corrected chi connectivity index (χ3v) is 11.7. The number of benzene rings is 2. The van der Waals surface area contributed by atoms with Crippen LogP contribution in [0.3, 0.4) is 0 Å². The fourth-order valence-corrected chi connectivity index (χ4v) is 8.97. The maximum Gasteiger partial charge on any atom is 0.261 e. The minimum Gasteiger partial charge on any atom is -0.490 e. The van der Waals surface area contributed by atoms with Gasteiger partial charge in [-0.05, 0) is 103 Å². The van der Waals surface area contributed by atoms with Gasteiger partial charge >= 0.3 is 0 Å². The number of nitrogens with one attached hydrogen (secondary N) is 1. The lowest BCUT2D eigenvalue weighted by atomic mass is 9.68. The largest absolute Gasteiger partial charge is 0.490 e. The van der Waals surface area contributed by atoms with Crippen LogP contribution in [0.2, 0.25) is 5.02 Å². The standard InChI is InChI=1S/C33H39ClN2O4S/c1-20-4-10-29(37)25-8-5-23(25)15-36-18-33(12-2-3-21-13-24(34)7-9-27(21)33)19-40-30-11-6-22(14-28(30)36)32(38)35-41-31-17-39-16-26(20)31/h4,6-7,9-11,13-14,20,23,25-26,29,31,37H,2-3,5,8,12,15-19H2,1H3,(H,35,38)/b10-4-/t20-,23-,25+,26+,29-,31-,33-/m0/s1. The number of rotatable bonds is 0. The Balaban J connectivity index is 1.27. The number of aryl methyl sites for hydroxylation is 1. The van der Waals surface area contributed by atoms with Crippen LogP contribution in [0.25, 0.3) is 0 Å². The molecule has 1 spiro atoms. The summed E-state index contributed by atoms with van der Waals surface area (Å²) in [6.45, 7) is 5.69. The lowest BCUT2D eigenvalue weighted by molar-refractivity contribution is 0.0453. The van der Waals surface area contributed by atoms with Crippen LogP contribution in [0, 0.1) is 23.7 Å². The van der Waals surface area contributed by atoms with Gasteiger partial charge in [0.25, 0.3) is 5.91 Å². The molecule has 2 aliphatic carbocycles. The number of allylic oxidation sites excluding steroid dienone is 1. The Morgan fingerprint density at radius 1 is 1.12 bits per heavy atom. The van der Waals surface area contributed by atoms with E-state index < -0.39 is 6.10 Å². The lowest BCUT2D eigenvalue weighted by Gasteiger charge is -2.45. The summed E-state index contributed by atoms with van der Waals surface area (Å²) in [6, 6.07) is 12.2. The number of fused-ring (bicyclic) bond motifs is 5. The average molecular weight is 595 g/mol. The van der Waals surface area contributed by atoms with E-state index in [1.54, 1.807) is 0 Å². The maximum absolute atomic E-state index is 13.4. The van der Waals surface area contributed by atoms with E-state index in [9.17, 15) is 9.90 Å². The molecular formula is C33H39ClN2O4S. The van der Waals surface area contributed by atoms with Crippen molar-refractivity contribution in [2.75, 3.05) is 37.8 Å². The Labute approximate surface area is 251 Å². The van der Waals surface area contributed by atoms with Crippen LogP contribution < -0.4 is 14.4 Å². The zero-order chi connectivity index (χ0) is 28.1. The molecular weight excluding hydrogens is 556 g/mol. The molecule has 1 saturated heterocycles. The van der Waals surface area contributed by atoms with Crippen LogP contribution in [-0.2, 0) is 16.6 Å². The number of hydrogen-bond acceptors (Lipinski definition) is 6. The van der Waals surface area contributed by atoms with Gasteiger partial charge in [0.1, 0.15) is 5.75 Å². The Hall–Kier alpha value is -2.19. The number of amides is 1. The van der Waals surface area contributed by atoms with Crippen molar-refractivity contribution in [3.63, 3.8) is 0 Å². The minimum atomic E-state index is -0.460. The first-order chi connectivity index (χ1) is 19.9. The molecule has 2 aromatic rings. The smallest absolute Gasteiger partial charge is 0.261 e. The van der Waals surface area contributed by atoms with Gasteiger partial charge in [0, 0.05) is 35.0 Å². The highest BCUT2D eigenvalue weighted by Gasteiger charge is 2.44. The number of nitrogens with zero attached hydrogens (tertiary/aromatic N) is 1. The molecule has 1 amide bonds. The number of ether oxygens (including phenoxy) is 2. The van der Waals surface area contributed by atoms with Crippen molar-refractivity contribution in [3.05, 3.63) is 70.3 Å². The van der Waals surface area contributed by atoms with Gasteiger partial charge in [-0.25, -0.2) is 0 Å². The van der Waals surface area contributed by atoms with Crippen LogP contribution in [0.5, 0.6) is 5.75 Å². The highest BCUT2D eigenvalue weighted by molar-refractivity contribution is 7.98. The first kappa shape index (κ1) is 27.6. The van der Waals surface area contributed by atoms with E-state index in [1.807, 2.05) is 30.3 Å². The molecule has 0 unspecified atom stereocenters. The van der Waals surface area contributed by atoms with Gasteiger partial charge in [0.2, 0.25) is 0 Å². The van der Waals surface area contributed by atoms with E-state index in [-0.39, 0.29) is 34.3 Å². The number of aliphatic hydroxyl groups is 1.